The predicted molar refractivity (Wildman–Crippen MR) is 104 cm³/mol. The van der Waals surface area contributed by atoms with E-state index in [9.17, 15) is 18.0 Å². The van der Waals surface area contributed by atoms with Gasteiger partial charge in [-0.3, -0.25) is 9.78 Å². The number of carbonyl (C=O) groups excluding carboxylic acids is 1. The van der Waals surface area contributed by atoms with Crippen molar-refractivity contribution >= 4 is 5.91 Å². The number of amides is 1. The summed E-state index contributed by atoms with van der Waals surface area (Å²) >= 11 is 0. The van der Waals surface area contributed by atoms with E-state index in [0.29, 0.717) is 12.1 Å². The van der Waals surface area contributed by atoms with E-state index >= 15 is 0 Å². The fourth-order valence-electron chi connectivity index (χ4n) is 4.40. The Bertz CT molecular complexity index is 863. The van der Waals surface area contributed by atoms with Crippen LogP contribution in [0.3, 0.4) is 0 Å². The van der Waals surface area contributed by atoms with Gasteiger partial charge in [-0.1, -0.05) is 6.07 Å². The monoisotopic (exact) mass is 403 g/mol. The van der Waals surface area contributed by atoms with Gasteiger partial charge in [0.2, 0.25) is 0 Å². The third kappa shape index (κ3) is 4.29. The molecule has 1 aromatic carbocycles. The first-order valence-electron chi connectivity index (χ1n) is 10.1. The van der Waals surface area contributed by atoms with Crippen LogP contribution >= 0.6 is 0 Å². The van der Waals surface area contributed by atoms with Gasteiger partial charge in [0.05, 0.1) is 11.1 Å². The molecular formula is C22H24F3N3O. The number of aromatic nitrogens is 1. The minimum absolute atomic E-state index is 0.0220. The summed E-state index contributed by atoms with van der Waals surface area (Å²) in [5.74, 6) is -0.519. The molecule has 7 heteroatoms. The normalized spacial score (nSPS) is 20.4. The van der Waals surface area contributed by atoms with Gasteiger partial charge in [-0.05, 0) is 74.2 Å². The Hall–Kier alpha value is -2.41. The average molecular weight is 403 g/mol. The minimum atomic E-state index is -4.58. The summed E-state index contributed by atoms with van der Waals surface area (Å²) in [5.41, 5.74) is 0.184. The van der Waals surface area contributed by atoms with Crippen molar-refractivity contribution in [3.63, 3.8) is 0 Å². The number of alkyl halides is 3. The molecule has 2 aromatic rings. The molecule has 0 spiro atoms. The topological polar surface area (TPSA) is 36.4 Å². The molecule has 0 aliphatic carbocycles. The van der Waals surface area contributed by atoms with Gasteiger partial charge in [0.15, 0.2) is 0 Å². The zero-order valence-electron chi connectivity index (χ0n) is 16.2. The quantitative estimate of drug-likeness (QED) is 0.756. The SMILES string of the molecule is O=C(c1cc(-c2ccncc2)ccc1C(F)(F)F)N1CCC[C@H]1CN1CCCC1. The smallest absolute Gasteiger partial charge is 0.334 e. The molecule has 4 rings (SSSR count). The maximum absolute atomic E-state index is 13.7. The third-order valence-electron chi connectivity index (χ3n) is 5.87. The van der Waals surface area contributed by atoms with Gasteiger partial charge in [0, 0.05) is 31.5 Å². The van der Waals surface area contributed by atoms with Gasteiger partial charge in [0.1, 0.15) is 0 Å². The third-order valence-corrected chi connectivity index (χ3v) is 5.87. The van der Waals surface area contributed by atoms with E-state index in [-0.39, 0.29) is 11.6 Å². The van der Waals surface area contributed by atoms with Crippen LogP contribution in [0, 0.1) is 0 Å². The van der Waals surface area contributed by atoms with Crippen molar-refractivity contribution in [3.8, 4) is 11.1 Å². The summed E-state index contributed by atoms with van der Waals surface area (Å²) in [6.45, 7) is 3.26. The van der Waals surface area contributed by atoms with Crippen LogP contribution in [0.5, 0.6) is 0 Å². The Kier molecular flexibility index (Phi) is 5.58. The van der Waals surface area contributed by atoms with Crippen molar-refractivity contribution in [2.75, 3.05) is 26.2 Å². The Morgan fingerprint density at radius 2 is 1.72 bits per heavy atom. The summed E-state index contributed by atoms with van der Waals surface area (Å²) in [6.07, 6.45) is 2.55. The Balaban J connectivity index is 1.66. The number of hydrogen-bond donors (Lipinski definition) is 0. The number of hydrogen-bond acceptors (Lipinski definition) is 3. The second kappa shape index (κ2) is 8.14. The molecule has 154 valence electrons. The molecule has 2 saturated heterocycles. The number of halogens is 3. The van der Waals surface area contributed by atoms with E-state index < -0.39 is 17.6 Å². The molecular weight excluding hydrogens is 379 g/mol. The Morgan fingerprint density at radius 1 is 1.00 bits per heavy atom. The summed E-state index contributed by atoms with van der Waals surface area (Å²) in [5, 5.41) is 0. The first-order valence-corrected chi connectivity index (χ1v) is 10.1. The van der Waals surface area contributed by atoms with E-state index in [1.165, 1.54) is 12.1 Å². The zero-order chi connectivity index (χ0) is 20.4. The van der Waals surface area contributed by atoms with Gasteiger partial charge in [-0.2, -0.15) is 13.2 Å². The molecule has 0 saturated carbocycles. The minimum Gasteiger partial charge on any atom is -0.334 e. The lowest BCUT2D eigenvalue weighted by Crippen LogP contribution is -2.43. The van der Waals surface area contributed by atoms with Crippen LogP contribution in [-0.2, 0) is 6.18 Å². The summed E-state index contributed by atoms with van der Waals surface area (Å²) < 4.78 is 41.0. The van der Waals surface area contributed by atoms with Crippen LogP contribution < -0.4 is 0 Å². The molecule has 4 nitrogen and oxygen atoms in total. The van der Waals surface area contributed by atoms with Crippen LogP contribution in [0.1, 0.15) is 41.6 Å². The molecule has 3 heterocycles. The lowest BCUT2D eigenvalue weighted by molar-refractivity contribution is -0.138. The molecule has 0 N–H and O–H groups in total. The van der Waals surface area contributed by atoms with Crippen LogP contribution in [-0.4, -0.2) is 52.9 Å². The van der Waals surface area contributed by atoms with Crippen molar-refractivity contribution in [1.82, 2.24) is 14.8 Å². The van der Waals surface area contributed by atoms with Crippen molar-refractivity contribution < 1.29 is 18.0 Å². The zero-order valence-corrected chi connectivity index (χ0v) is 16.2. The molecule has 29 heavy (non-hydrogen) atoms. The molecule has 1 amide bonds. The second-order valence-electron chi connectivity index (χ2n) is 7.80. The predicted octanol–water partition coefficient (Wildman–Crippen LogP) is 4.47. The van der Waals surface area contributed by atoms with Gasteiger partial charge in [-0.25, -0.2) is 0 Å². The highest BCUT2D eigenvalue weighted by Gasteiger charge is 2.39. The molecule has 1 aromatic heterocycles. The van der Waals surface area contributed by atoms with Gasteiger partial charge in [0.25, 0.3) is 5.91 Å². The number of pyridine rings is 1. The van der Waals surface area contributed by atoms with Crippen LogP contribution in [0.15, 0.2) is 42.7 Å². The molecule has 0 bridgehead atoms. The number of nitrogens with zero attached hydrogens (tertiary/aromatic N) is 3. The molecule has 0 unspecified atom stereocenters. The van der Waals surface area contributed by atoms with Crippen molar-refractivity contribution in [3.05, 3.63) is 53.9 Å². The number of carbonyl (C=O) groups is 1. The van der Waals surface area contributed by atoms with Crippen molar-refractivity contribution in [1.29, 1.82) is 0 Å². The molecule has 0 radical (unpaired) electrons. The highest BCUT2D eigenvalue weighted by molar-refractivity contribution is 5.97. The van der Waals surface area contributed by atoms with E-state index in [1.807, 2.05) is 0 Å². The lowest BCUT2D eigenvalue weighted by atomic mass is 9.98. The Labute approximate surface area is 168 Å². The fourth-order valence-corrected chi connectivity index (χ4v) is 4.40. The second-order valence-corrected chi connectivity index (χ2v) is 7.80. The number of likely N-dealkylation sites (tertiary alicyclic amines) is 2. The molecule has 2 fully saturated rings. The van der Waals surface area contributed by atoms with E-state index in [0.717, 1.165) is 56.9 Å². The van der Waals surface area contributed by atoms with Gasteiger partial charge in [-0.15, -0.1) is 0 Å². The summed E-state index contributed by atoms with van der Waals surface area (Å²) in [4.78, 5) is 21.2. The number of rotatable bonds is 4. The molecule has 2 aliphatic rings. The molecule has 1 atom stereocenters. The summed E-state index contributed by atoms with van der Waals surface area (Å²) in [6, 6.07) is 7.25. The summed E-state index contributed by atoms with van der Waals surface area (Å²) in [7, 11) is 0. The highest BCUT2D eigenvalue weighted by Crippen LogP contribution is 2.36. The lowest BCUT2D eigenvalue weighted by Gasteiger charge is -2.29. The number of benzene rings is 1. The van der Waals surface area contributed by atoms with Gasteiger partial charge >= 0.3 is 6.18 Å². The van der Waals surface area contributed by atoms with E-state index in [4.69, 9.17) is 0 Å². The Morgan fingerprint density at radius 3 is 2.41 bits per heavy atom. The fraction of sp³-hybridized carbons (Fsp3) is 0.455. The average Bonchev–Trinajstić information content (AvgIpc) is 3.39. The first-order chi connectivity index (χ1) is 13.9. The van der Waals surface area contributed by atoms with Crippen molar-refractivity contribution in [2.45, 2.75) is 37.9 Å². The molecule has 2 aliphatic heterocycles. The standard InChI is InChI=1S/C22H24F3N3O/c23-22(24,25)20-6-5-17(16-7-9-26-10-8-16)14-19(20)21(29)28-13-3-4-18(28)15-27-11-1-2-12-27/h5-10,14,18H,1-4,11-13,15H2/t18-/m0/s1. The largest absolute Gasteiger partial charge is 0.417 e. The van der Waals surface area contributed by atoms with Crippen LogP contribution in [0.4, 0.5) is 13.2 Å². The van der Waals surface area contributed by atoms with Crippen LogP contribution in [0.2, 0.25) is 0 Å². The first kappa shape index (κ1) is 19.9. The van der Waals surface area contributed by atoms with Crippen molar-refractivity contribution in [2.24, 2.45) is 0 Å². The highest BCUT2D eigenvalue weighted by atomic mass is 19.4. The maximum atomic E-state index is 13.7. The van der Waals surface area contributed by atoms with E-state index in [1.54, 1.807) is 29.4 Å². The van der Waals surface area contributed by atoms with Gasteiger partial charge < -0.3 is 9.80 Å². The van der Waals surface area contributed by atoms with E-state index in [2.05, 4.69) is 9.88 Å². The maximum Gasteiger partial charge on any atom is 0.417 e. The van der Waals surface area contributed by atoms with Crippen LogP contribution in [0.25, 0.3) is 11.1 Å².